The van der Waals surface area contributed by atoms with Crippen molar-refractivity contribution < 1.29 is 13.6 Å². The molecule has 5 rings (SSSR count). The molecule has 1 aliphatic heterocycles. The van der Waals surface area contributed by atoms with Crippen LogP contribution in [0.4, 0.5) is 4.39 Å². The van der Waals surface area contributed by atoms with E-state index in [2.05, 4.69) is 10.2 Å². The molecule has 2 aromatic carbocycles. The first kappa shape index (κ1) is 20.2. The van der Waals surface area contributed by atoms with Crippen molar-refractivity contribution in [3.8, 4) is 17.1 Å². The summed E-state index contributed by atoms with van der Waals surface area (Å²) in [7, 11) is 0. The summed E-state index contributed by atoms with van der Waals surface area (Å²) in [6, 6.07) is 17.6. The van der Waals surface area contributed by atoms with Crippen molar-refractivity contribution in [1.82, 2.24) is 19.7 Å². The van der Waals surface area contributed by atoms with Crippen LogP contribution in [0.1, 0.15) is 35.5 Å². The van der Waals surface area contributed by atoms with Crippen LogP contribution in [-0.4, -0.2) is 38.2 Å². The van der Waals surface area contributed by atoms with E-state index in [0.717, 1.165) is 24.9 Å². The predicted molar refractivity (Wildman–Crippen MR) is 118 cm³/mol. The first-order valence-electron chi connectivity index (χ1n) is 10.8. The highest BCUT2D eigenvalue weighted by molar-refractivity contribution is 5.98. The number of carbonyl (C=O) groups excluding carboxylic acids is 1. The van der Waals surface area contributed by atoms with Gasteiger partial charge in [0.25, 0.3) is 5.91 Å². The fourth-order valence-corrected chi connectivity index (χ4v) is 4.29. The normalized spacial score (nSPS) is 16.3. The fraction of sp³-hybridized carbons (Fsp3) is 0.240. The molecule has 1 saturated heterocycles. The molecule has 3 heterocycles. The lowest BCUT2D eigenvalue weighted by Gasteiger charge is -2.35. The minimum Gasteiger partial charge on any atom is -0.421 e. The Hall–Kier alpha value is -3.74. The molecule has 1 unspecified atom stereocenters. The zero-order chi connectivity index (χ0) is 21.9. The Labute approximate surface area is 185 Å². The monoisotopic (exact) mass is 430 g/mol. The Morgan fingerprint density at radius 2 is 1.88 bits per heavy atom. The molecule has 0 N–H and O–H groups in total. The van der Waals surface area contributed by atoms with Crippen LogP contribution in [0.5, 0.6) is 0 Å². The van der Waals surface area contributed by atoms with Crippen molar-refractivity contribution in [3.05, 3.63) is 90.3 Å². The minimum atomic E-state index is -0.354. The highest BCUT2D eigenvalue weighted by atomic mass is 19.1. The Morgan fingerprint density at radius 3 is 2.72 bits per heavy atom. The summed E-state index contributed by atoms with van der Waals surface area (Å²) < 4.78 is 21.3. The molecule has 7 heteroatoms. The Bertz CT molecular complexity index is 1220. The van der Waals surface area contributed by atoms with Gasteiger partial charge in [-0.3, -0.25) is 4.79 Å². The predicted octanol–water partition coefficient (Wildman–Crippen LogP) is 4.90. The summed E-state index contributed by atoms with van der Waals surface area (Å²) in [5, 5.41) is 8.24. The molecule has 162 valence electrons. The average Bonchev–Trinajstić information content (AvgIpc) is 3.52. The van der Waals surface area contributed by atoms with Crippen molar-refractivity contribution in [2.75, 3.05) is 6.54 Å². The van der Waals surface area contributed by atoms with Crippen molar-refractivity contribution in [3.63, 3.8) is 0 Å². The molecule has 0 radical (unpaired) electrons. The second kappa shape index (κ2) is 8.78. The summed E-state index contributed by atoms with van der Waals surface area (Å²) in [6.45, 7) is 0.689. The molecule has 1 fully saturated rings. The van der Waals surface area contributed by atoms with E-state index in [0.29, 0.717) is 30.0 Å². The molecule has 1 amide bonds. The van der Waals surface area contributed by atoms with Gasteiger partial charge in [-0.2, -0.15) is 0 Å². The van der Waals surface area contributed by atoms with Gasteiger partial charge < -0.3 is 13.9 Å². The first-order chi connectivity index (χ1) is 15.7. The number of benzene rings is 2. The minimum absolute atomic E-state index is 0.00358. The molecule has 2 aromatic heterocycles. The molecule has 0 aliphatic carbocycles. The van der Waals surface area contributed by atoms with Crippen molar-refractivity contribution >= 4 is 5.91 Å². The molecule has 1 aliphatic rings. The van der Waals surface area contributed by atoms with E-state index >= 15 is 0 Å². The van der Waals surface area contributed by atoms with Gasteiger partial charge >= 0.3 is 0 Å². The van der Waals surface area contributed by atoms with E-state index in [4.69, 9.17) is 4.42 Å². The smallest absolute Gasteiger partial charge is 0.256 e. The van der Waals surface area contributed by atoms with Gasteiger partial charge in [0, 0.05) is 37.0 Å². The van der Waals surface area contributed by atoms with Gasteiger partial charge in [0.05, 0.1) is 11.3 Å². The Morgan fingerprint density at radius 1 is 1.03 bits per heavy atom. The number of hydrogen-bond acceptors (Lipinski definition) is 4. The lowest BCUT2D eigenvalue weighted by atomic mass is 9.97. The maximum absolute atomic E-state index is 13.6. The van der Waals surface area contributed by atoms with Gasteiger partial charge in [-0.25, -0.2) is 4.39 Å². The second-order valence-corrected chi connectivity index (χ2v) is 7.97. The lowest BCUT2D eigenvalue weighted by Crippen LogP contribution is -2.45. The largest absolute Gasteiger partial charge is 0.421 e. The fourth-order valence-electron chi connectivity index (χ4n) is 4.29. The first-order valence-corrected chi connectivity index (χ1v) is 10.8. The maximum Gasteiger partial charge on any atom is 0.256 e. The van der Waals surface area contributed by atoms with E-state index in [1.807, 2.05) is 58.3 Å². The van der Waals surface area contributed by atoms with Crippen LogP contribution in [-0.2, 0) is 6.42 Å². The van der Waals surface area contributed by atoms with Gasteiger partial charge in [0.15, 0.2) is 0 Å². The molecular formula is C25H23FN4O2. The molecule has 6 nitrogen and oxygen atoms in total. The Kier molecular flexibility index (Phi) is 5.54. The zero-order valence-electron chi connectivity index (χ0n) is 17.5. The van der Waals surface area contributed by atoms with Crippen LogP contribution in [0.25, 0.3) is 17.1 Å². The molecule has 1 atom stereocenters. The number of para-hydroxylation sites is 1. The molecular weight excluding hydrogens is 407 g/mol. The van der Waals surface area contributed by atoms with Crippen LogP contribution in [0, 0.1) is 5.82 Å². The summed E-state index contributed by atoms with van der Waals surface area (Å²) in [5.41, 5.74) is 2.07. The lowest BCUT2D eigenvalue weighted by molar-refractivity contribution is 0.0605. The van der Waals surface area contributed by atoms with E-state index in [1.165, 1.54) is 12.1 Å². The van der Waals surface area contributed by atoms with Crippen molar-refractivity contribution in [2.45, 2.75) is 31.7 Å². The quantitative estimate of drug-likeness (QED) is 0.452. The van der Waals surface area contributed by atoms with Crippen LogP contribution < -0.4 is 0 Å². The summed E-state index contributed by atoms with van der Waals surface area (Å²) in [5.74, 6) is 0.385. The highest BCUT2D eigenvalue weighted by Crippen LogP contribution is 2.26. The number of amides is 1. The van der Waals surface area contributed by atoms with E-state index in [1.54, 1.807) is 12.1 Å². The van der Waals surface area contributed by atoms with Crippen LogP contribution in [0.15, 0.2) is 77.5 Å². The highest BCUT2D eigenvalue weighted by Gasteiger charge is 2.30. The molecule has 0 bridgehead atoms. The number of nitrogens with zero attached hydrogens (tertiary/aromatic N) is 4. The SMILES string of the molecule is O=C(c1ccccc1-n1cccc1)N1CCCCC1Cc1nnc(-c2cccc(F)c2)o1. The molecule has 0 spiro atoms. The number of hydrogen-bond donors (Lipinski definition) is 0. The molecule has 4 aromatic rings. The van der Waals surface area contributed by atoms with E-state index in [-0.39, 0.29) is 23.7 Å². The third-order valence-electron chi connectivity index (χ3n) is 5.85. The van der Waals surface area contributed by atoms with Gasteiger partial charge in [-0.05, 0) is 61.7 Å². The van der Waals surface area contributed by atoms with Crippen LogP contribution >= 0.6 is 0 Å². The molecule has 32 heavy (non-hydrogen) atoms. The van der Waals surface area contributed by atoms with Crippen molar-refractivity contribution in [2.24, 2.45) is 0 Å². The average molecular weight is 430 g/mol. The van der Waals surface area contributed by atoms with Crippen LogP contribution in [0.2, 0.25) is 0 Å². The third kappa shape index (κ3) is 4.06. The standard InChI is InChI=1S/C25H23FN4O2/c26-19-9-7-8-18(16-19)24-28-27-23(32-24)17-20-10-3-4-15-30(20)25(31)21-11-1-2-12-22(21)29-13-5-6-14-29/h1-2,5-9,11-14,16,20H,3-4,10,15,17H2. The van der Waals surface area contributed by atoms with Gasteiger partial charge in [0.2, 0.25) is 11.8 Å². The number of carbonyl (C=O) groups is 1. The van der Waals surface area contributed by atoms with Crippen LogP contribution in [0.3, 0.4) is 0 Å². The maximum atomic E-state index is 13.6. The van der Waals surface area contributed by atoms with Gasteiger partial charge in [-0.15, -0.1) is 10.2 Å². The topological polar surface area (TPSA) is 64.2 Å². The third-order valence-corrected chi connectivity index (χ3v) is 5.85. The number of halogens is 1. The van der Waals surface area contributed by atoms with Gasteiger partial charge in [-0.1, -0.05) is 18.2 Å². The number of piperidine rings is 1. The van der Waals surface area contributed by atoms with E-state index in [9.17, 15) is 9.18 Å². The Balaban J connectivity index is 1.38. The summed E-state index contributed by atoms with van der Waals surface area (Å²) >= 11 is 0. The number of rotatable bonds is 5. The van der Waals surface area contributed by atoms with Crippen molar-refractivity contribution in [1.29, 1.82) is 0 Å². The number of likely N-dealkylation sites (tertiary alicyclic amines) is 1. The summed E-state index contributed by atoms with van der Waals surface area (Å²) in [4.78, 5) is 15.5. The second-order valence-electron chi connectivity index (χ2n) is 7.97. The van der Waals surface area contributed by atoms with E-state index < -0.39 is 0 Å². The number of aromatic nitrogens is 3. The summed E-state index contributed by atoms with van der Waals surface area (Å²) in [6.07, 6.45) is 7.22. The zero-order valence-corrected chi connectivity index (χ0v) is 17.5. The van der Waals surface area contributed by atoms with Gasteiger partial charge in [0.1, 0.15) is 5.82 Å². The molecule has 0 saturated carbocycles.